The minimum atomic E-state index is -0.455. The maximum absolute atomic E-state index is 12.9. The van der Waals surface area contributed by atoms with Crippen LogP contribution in [0.25, 0.3) is 0 Å². The number of nitrogens with zero attached hydrogens (tertiary/aromatic N) is 3. The third-order valence-corrected chi connectivity index (χ3v) is 5.28. The number of rotatable bonds is 2. The molecule has 2 aromatic rings. The number of benzene rings is 1. The maximum Gasteiger partial charge on any atom is 0.265 e. The first kappa shape index (κ1) is 14.6. The molecule has 7 heteroatoms. The first-order chi connectivity index (χ1) is 11.2. The third kappa shape index (κ3) is 2.69. The molecule has 0 bridgehead atoms. The lowest BCUT2D eigenvalue weighted by Crippen LogP contribution is -2.44. The number of fused-ring (bicyclic) bond motifs is 1. The molecular weight excluding hydrogens is 314 g/mol. The van der Waals surface area contributed by atoms with Crippen LogP contribution in [0.2, 0.25) is 0 Å². The van der Waals surface area contributed by atoms with Crippen LogP contribution in [0, 0.1) is 6.92 Å². The average molecular weight is 331 g/mol. The Balaban J connectivity index is 1.52. The highest BCUT2D eigenvalue weighted by atomic mass is 32.2. The van der Waals surface area contributed by atoms with E-state index in [1.807, 2.05) is 29.2 Å². The SMILES string of the molecule is Cc1nc([C@@H]2CCCN2C(=O)[C@@H]2CSc3ccccc3O2)no1. The topological polar surface area (TPSA) is 68.5 Å². The molecule has 0 N–H and O–H groups in total. The molecule has 3 heterocycles. The number of hydrogen-bond acceptors (Lipinski definition) is 6. The van der Waals surface area contributed by atoms with E-state index in [2.05, 4.69) is 10.1 Å². The largest absolute Gasteiger partial charge is 0.479 e. The fourth-order valence-electron chi connectivity index (χ4n) is 3.08. The van der Waals surface area contributed by atoms with Crippen molar-refractivity contribution >= 4 is 17.7 Å². The summed E-state index contributed by atoms with van der Waals surface area (Å²) in [6, 6.07) is 7.72. The molecule has 0 aliphatic carbocycles. The van der Waals surface area contributed by atoms with Gasteiger partial charge in [0.15, 0.2) is 11.9 Å². The van der Waals surface area contributed by atoms with Gasteiger partial charge in [-0.1, -0.05) is 17.3 Å². The van der Waals surface area contributed by atoms with Crippen LogP contribution < -0.4 is 4.74 Å². The zero-order chi connectivity index (χ0) is 15.8. The van der Waals surface area contributed by atoms with E-state index >= 15 is 0 Å². The number of aryl methyl sites for hydroxylation is 1. The number of para-hydroxylation sites is 1. The van der Waals surface area contributed by atoms with Crippen molar-refractivity contribution in [1.29, 1.82) is 0 Å². The summed E-state index contributed by atoms with van der Waals surface area (Å²) in [5, 5.41) is 3.99. The Morgan fingerprint density at radius 1 is 1.39 bits per heavy atom. The highest BCUT2D eigenvalue weighted by molar-refractivity contribution is 7.99. The second kappa shape index (κ2) is 5.88. The van der Waals surface area contributed by atoms with E-state index in [9.17, 15) is 4.79 Å². The van der Waals surface area contributed by atoms with Gasteiger partial charge < -0.3 is 14.2 Å². The lowest BCUT2D eigenvalue weighted by molar-refractivity contribution is -0.139. The van der Waals surface area contributed by atoms with E-state index in [1.54, 1.807) is 18.7 Å². The van der Waals surface area contributed by atoms with Crippen molar-refractivity contribution in [3.63, 3.8) is 0 Å². The van der Waals surface area contributed by atoms with Crippen molar-refractivity contribution in [2.75, 3.05) is 12.3 Å². The molecule has 6 nitrogen and oxygen atoms in total. The van der Waals surface area contributed by atoms with Gasteiger partial charge in [0.05, 0.1) is 6.04 Å². The van der Waals surface area contributed by atoms with E-state index in [0.29, 0.717) is 24.0 Å². The van der Waals surface area contributed by atoms with Gasteiger partial charge in [0, 0.05) is 24.1 Å². The second-order valence-corrected chi connectivity index (χ2v) is 6.79. The van der Waals surface area contributed by atoms with Crippen LogP contribution in [0.1, 0.15) is 30.6 Å². The molecule has 1 saturated heterocycles. The number of carbonyl (C=O) groups is 1. The molecule has 2 aliphatic rings. The monoisotopic (exact) mass is 331 g/mol. The number of likely N-dealkylation sites (tertiary alicyclic amines) is 1. The van der Waals surface area contributed by atoms with Gasteiger partial charge in [-0.05, 0) is 25.0 Å². The van der Waals surface area contributed by atoms with Crippen LogP contribution in [-0.4, -0.2) is 39.3 Å². The van der Waals surface area contributed by atoms with Crippen LogP contribution in [0.15, 0.2) is 33.7 Å². The number of amides is 1. The van der Waals surface area contributed by atoms with Gasteiger partial charge in [-0.2, -0.15) is 4.98 Å². The van der Waals surface area contributed by atoms with E-state index in [-0.39, 0.29) is 11.9 Å². The lowest BCUT2D eigenvalue weighted by atomic mass is 10.2. The van der Waals surface area contributed by atoms with Crippen LogP contribution in [-0.2, 0) is 4.79 Å². The Morgan fingerprint density at radius 3 is 3.09 bits per heavy atom. The number of carbonyl (C=O) groups excluding carboxylic acids is 1. The molecule has 1 amide bonds. The summed E-state index contributed by atoms with van der Waals surface area (Å²) < 4.78 is 11.0. The molecule has 4 rings (SSSR count). The van der Waals surface area contributed by atoms with Gasteiger partial charge in [-0.15, -0.1) is 11.8 Å². The highest BCUT2D eigenvalue weighted by Gasteiger charge is 2.38. The molecule has 1 aromatic carbocycles. The van der Waals surface area contributed by atoms with Gasteiger partial charge in [0.1, 0.15) is 5.75 Å². The summed E-state index contributed by atoms with van der Waals surface area (Å²) in [4.78, 5) is 20.1. The van der Waals surface area contributed by atoms with Crippen molar-refractivity contribution in [2.24, 2.45) is 0 Å². The predicted molar refractivity (Wildman–Crippen MR) is 84.3 cm³/mol. The molecule has 1 fully saturated rings. The van der Waals surface area contributed by atoms with E-state index in [1.165, 1.54) is 0 Å². The Morgan fingerprint density at radius 2 is 2.26 bits per heavy atom. The van der Waals surface area contributed by atoms with Crippen LogP contribution >= 0.6 is 11.8 Å². The Kier molecular flexibility index (Phi) is 3.72. The molecule has 23 heavy (non-hydrogen) atoms. The molecule has 2 aliphatic heterocycles. The minimum Gasteiger partial charge on any atom is -0.479 e. The fourth-order valence-corrected chi connectivity index (χ4v) is 4.05. The normalized spacial score (nSPS) is 23.4. The first-order valence-corrected chi connectivity index (χ1v) is 8.70. The van der Waals surface area contributed by atoms with Gasteiger partial charge in [0.2, 0.25) is 5.89 Å². The quantitative estimate of drug-likeness (QED) is 0.842. The van der Waals surface area contributed by atoms with Crippen LogP contribution in [0.3, 0.4) is 0 Å². The summed E-state index contributed by atoms with van der Waals surface area (Å²) in [5.74, 6) is 2.55. The van der Waals surface area contributed by atoms with Crippen LogP contribution in [0.5, 0.6) is 5.75 Å². The molecule has 0 saturated carbocycles. The highest BCUT2D eigenvalue weighted by Crippen LogP contribution is 2.37. The zero-order valence-corrected chi connectivity index (χ0v) is 13.6. The molecule has 0 spiro atoms. The van der Waals surface area contributed by atoms with E-state index in [4.69, 9.17) is 9.26 Å². The van der Waals surface area contributed by atoms with Gasteiger partial charge in [-0.3, -0.25) is 4.79 Å². The van der Waals surface area contributed by atoms with Crippen molar-refractivity contribution in [2.45, 2.75) is 36.8 Å². The Hall–Kier alpha value is -2.02. The summed E-state index contributed by atoms with van der Waals surface area (Å²) in [5.41, 5.74) is 0. The minimum absolute atomic E-state index is 0.0111. The summed E-state index contributed by atoms with van der Waals surface area (Å²) in [6.45, 7) is 2.47. The molecule has 0 radical (unpaired) electrons. The predicted octanol–water partition coefficient (Wildman–Crippen LogP) is 2.59. The Bertz CT molecular complexity index is 733. The molecular formula is C16H17N3O3S. The third-order valence-electron chi connectivity index (χ3n) is 4.16. The smallest absolute Gasteiger partial charge is 0.265 e. The summed E-state index contributed by atoms with van der Waals surface area (Å²) in [6.07, 6.45) is 1.35. The molecule has 1 aromatic heterocycles. The van der Waals surface area contributed by atoms with Crippen molar-refractivity contribution < 1.29 is 14.1 Å². The molecule has 2 atom stereocenters. The zero-order valence-electron chi connectivity index (χ0n) is 12.8. The van der Waals surface area contributed by atoms with Gasteiger partial charge in [-0.25, -0.2) is 0 Å². The number of ether oxygens (including phenoxy) is 1. The number of hydrogen-bond donors (Lipinski definition) is 0. The molecule has 0 unspecified atom stereocenters. The van der Waals surface area contributed by atoms with Crippen LogP contribution in [0.4, 0.5) is 0 Å². The van der Waals surface area contributed by atoms with Gasteiger partial charge in [0.25, 0.3) is 5.91 Å². The van der Waals surface area contributed by atoms with Crippen molar-refractivity contribution in [1.82, 2.24) is 15.0 Å². The summed E-state index contributed by atoms with van der Waals surface area (Å²) >= 11 is 1.66. The maximum atomic E-state index is 12.9. The fraction of sp³-hybridized carbons (Fsp3) is 0.438. The van der Waals surface area contributed by atoms with Crippen molar-refractivity contribution in [3.05, 3.63) is 36.0 Å². The molecule has 120 valence electrons. The number of thioether (sulfide) groups is 1. The van der Waals surface area contributed by atoms with E-state index in [0.717, 1.165) is 23.5 Å². The van der Waals surface area contributed by atoms with Crippen molar-refractivity contribution in [3.8, 4) is 5.75 Å². The summed E-state index contributed by atoms with van der Waals surface area (Å²) in [7, 11) is 0. The number of aromatic nitrogens is 2. The Labute approximate surface area is 138 Å². The average Bonchev–Trinajstić information content (AvgIpc) is 3.22. The second-order valence-electron chi connectivity index (χ2n) is 5.73. The van der Waals surface area contributed by atoms with Gasteiger partial charge >= 0.3 is 0 Å². The standard InChI is InChI=1S/C16H17N3O3S/c1-10-17-15(18-22-10)11-5-4-8-19(11)16(20)13-9-23-14-7-3-2-6-12(14)21-13/h2-3,6-7,11,13H,4-5,8-9H2,1H3/t11-,13-/m0/s1. The first-order valence-electron chi connectivity index (χ1n) is 7.71. The van der Waals surface area contributed by atoms with E-state index < -0.39 is 6.10 Å². The lowest BCUT2D eigenvalue weighted by Gasteiger charge is -2.30.